The first kappa shape index (κ1) is 11.5. The van der Waals surface area contributed by atoms with Crippen LogP contribution >= 0.6 is 11.8 Å². The van der Waals surface area contributed by atoms with Gasteiger partial charge in [-0.15, -0.1) is 0 Å². The molecule has 1 atom stereocenters. The molecule has 1 fully saturated rings. The summed E-state index contributed by atoms with van der Waals surface area (Å²) in [5.41, 5.74) is 0. The van der Waals surface area contributed by atoms with E-state index in [1.165, 1.54) is 18.6 Å². The molecule has 1 aliphatic rings. The smallest absolute Gasteiger partial charge is 0.147 e. The zero-order valence-electron chi connectivity index (χ0n) is 9.79. The van der Waals surface area contributed by atoms with Crippen LogP contribution in [0.3, 0.4) is 0 Å². The fourth-order valence-corrected chi connectivity index (χ4v) is 3.07. The summed E-state index contributed by atoms with van der Waals surface area (Å²) >= 11 is 2.05. The van der Waals surface area contributed by atoms with E-state index in [1.807, 2.05) is 18.8 Å². The molecule has 1 saturated heterocycles. The van der Waals surface area contributed by atoms with E-state index in [0.29, 0.717) is 4.75 Å². The van der Waals surface area contributed by atoms with Crippen LogP contribution < -0.4 is 10.6 Å². The molecule has 5 heteroatoms. The highest BCUT2D eigenvalue weighted by Gasteiger charge is 2.29. The molecule has 4 nitrogen and oxygen atoms in total. The Morgan fingerprint density at radius 1 is 1.44 bits per heavy atom. The van der Waals surface area contributed by atoms with E-state index in [9.17, 15) is 0 Å². The van der Waals surface area contributed by atoms with Crippen molar-refractivity contribution in [2.45, 2.75) is 24.5 Å². The molecule has 16 heavy (non-hydrogen) atoms. The molecule has 0 aliphatic carbocycles. The molecule has 2 N–H and O–H groups in total. The van der Waals surface area contributed by atoms with Gasteiger partial charge < -0.3 is 10.6 Å². The van der Waals surface area contributed by atoms with Gasteiger partial charge in [0.2, 0.25) is 0 Å². The third-order valence-corrected chi connectivity index (χ3v) is 4.37. The van der Waals surface area contributed by atoms with Crippen LogP contribution in [0.4, 0.5) is 11.6 Å². The zero-order chi connectivity index (χ0) is 11.4. The highest BCUT2D eigenvalue weighted by Crippen LogP contribution is 2.37. The summed E-state index contributed by atoms with van der Waals surface area (Å²) < 4.78 is 0.358. The van der Waals surface area contributed by atoms with Crippen LogP contribution in [0.5, 0.6) is 0 Å². The second-order valence-electron chi connectivity index (χ2n) is 4.30. The molecule has 0 bridgehead atoms. The summed E-state index contributed by atoms with van der Waals surface area (Å²) in [6, 6.07) is 0. The normalized spacial score (nSPS) is 24.4. The van der Waals surface area contributed by atoms with Crippen LogP contribution in [0.15, 0.2) is 12.4 Å². The highest BCUT2D eigenvalue weighted by molar-refractivity contribution is 8.00. The van der Waals surface area contributed by atoms with Crippen molar-refractivity contribution in [1.82, 2.24) is 9.97 Å². The fraction of sp³-hybridized carbons (Fsp3) is 0.636. The number of thioether (sulfide) groups is 1. The van der Waals surface area contributed by atoms with Crippen molar-refractivity contribution in [2.75, 3.05) is 30.0 Å². The first-order valence-corrected chi connectivity index (χ1v) is 6.58. The number of hydrogen-bond acceptors (Lipinski definition) is 5. The molecule has 1 aromatic rings. The molecule has 0 saturated carbocycles. The zero-order valence-corrected chi connectivity index (χ0v) is 10.6. The van der Waals surface area contributed by atoms with Gasteiger partial charge in [0.15, 0.2) is 0 Å². The van der Waals surface area contributed by atoms with Gasteiger partial charge in [0.25, 0.3) is 0 Å². The average Bonchev–Trinajstić information content (AvgIpc) is 2.75. The molecule has 0 amide bonds. The molecule has 1 aromatic heterocycles. The number of aromatic nitrogens is 2. The van der Waals surface area contributed by atoms with E-state index < -0.39 is 0 Å². The Hall–Kier alpha value is -0.970. The Labute approximate surface area is 101 Å². The van der Waals surface area contributed by atoms with Crippen molar-refractivity contribution in [3.63, 3.8) is 0 Å². The van der Waals surface area contributed by atoms with Gasteiger partial charge in [0.05, 0.1) is 12.4 Å². The maximum Gasteiger partial charge on any atom is 0.147 e. The molecule has 88 valence electrons. The first-order chi connectivity index (χ1) is 7.72. The van der Waals surface area contributed by atoms with Gasteiger partial charge in [0, 0.05) is 18.3 Å². The van der Waals surface area contributed by atoms with Gasteiger partial charge in [-0.05, 0) is 25.5 Å². The second-order valence-corrected chi connectivity index (χ2v) is 5.98. The lowest BCUT2D eigenvalue weighted by atomic mass is 10.1. The highest BCUT2D eigenvalue weighted by atomic mass is 32.2. The first-order valence-electron chi connectivity index (χ1n) is 5.59. The monoisotopic (exact) mass is 238 g/mol. The topological polar surface area (TPSA) is 49.8 Å². The van der Waals surface area contributed by atoms with E-state index in [0.717, 1.165) is 18.2 Å². The van der Waals surface area contributed by atoms with Crippen LogP contribution in [-0.2, 0) is 0 Å². The van der Waals surface area contributed by atoms with Gasteiger partial charge in [0.1, 0.15) is 11.6 Å². The van der Waals surface area contributed by atoms with Gasteiger partial charge in [-0.1, -0.05) is 0 Å². The standard InChI is InChI=1S/C11H18N4S/c1-11(4-3-5-16-11)8-14-10-7-13-6-9(12-2)15-10/h6-7H,3-5,8H2,1-2H3,(H2,12,14,15). The number of rotatable bonds is 4. The number of nitrogens with zero attached hydrogens (tertiary/aromatic N) is 2. The van der Waals surface area contributed by atoms with E-state index in [1.54, 1.807) is 12.4 Å². The summed E-state index contributed by atoms with van der Waals surface area (Å²) in [5, 5.41) is 6.35. The molecule has 0 spiro atoms. The van der Waals surface area contributed by atoms with Crippen LogP contribution in [0, 0.1) is 0 Å². The Bertz CT molecular complexity index is 350. The summed E-state index contributed by atoms with van der Waals surface area (Å²) in [5.74, 6) is 2.93. The Morgan fingerprint density at radius 3 is 2.94 bits per heavy atom. The van der Waals surface area contributed by atoms with Crippen molar-refractivity contribution < 1.29 is 0 Å². The number of hydrogen-bond donors (Lipinski definition) is 2. The number of anilines is 2. The lowest BCUT2D eigenvalue weighted by molar-refractivity contribution is 0.633. The summed E-state index contributed by atoms with van der Waals surface area (Å²) in [6.45, 7) is 3.27. The molecular weight excluding hydrogens is 220 g/mol. The average molecular weight is 238 g/mol. The van der Waals surface area contributed by atoms with Gasteiger partial charge in [-0.25, -0.2) is 4.98 Å². The Balaban J connectivity index is 1.93. The third kappa shape index (κ3) is 2.78. The molecular formula is C11H18N4S. The predicted molar refractivity (Wildman–Crippen MR) is 70.2 cm³/mol. The molecule has 0 aromatic carbocycles. The van der Waals surface area contributed by atoms with Crippen LogP contribution in [-0.4, -0.2) is 34.1 Å². The van der Waals surface area contributed by atoms with Crippen LogP contribution in [0.2, 0.25) is 0 Å². The minimum Gasteiger partial charge on any atom is -0.372 e. The lowest BCUT2D eigenvalue weighted by Crippen LogP contribution is -2.27. The van der Waals surface area contributed by atoms with E-state index in [-0.39, 0.29) is 0 Å². The maximum atomic E-state index is 4.39. The van der Waals surface area contributed by atoms with Gasteiger partial charge in [-0.3, -0.25) is 4.98 Å². The maximum absolute atomic E-state index is 4.39. The SMILES string of the molecule is CNc1cncc(NCC2(C)CCCS2)n1. The minimum absolute atomic E-state index is 0.358. The van der Waals surface area contributed by atoms with Crippen molar-refractivity contribution in [3.8, 4) is 0 Å². The fourth-order valence-electron chi connectivity index (χ4n) is 1.83. The molecule has 2 heterocycles. The third-order valence-electron chi connectivity index (χ3n) is 2.83. The van der Waals surface area contributed by atoms with Crippen LogP contribution in [0.25, 0.3) is 0 Å². The number of nitrogens with one attached hydrogen (secondary N) is 2. The molecule has 0 radical (unpaired) electrons. The Morgan fingerprint density at radius 2 is 2.25 bits per heavy atom. The lowest BCUT2D eigenvalue weighted by Gasteiger charge is -2.23. The van der Waals surface area contributed by atoms with Crippen LogP contribution in [0.1, 0.15) is 19.8 Å². The van der Waals surface area contributed by atoms with Gasteiger partial charge in [-0.2, -0.15) is 11.8 Å². The van der Waals surface area contributed by atoms with Crippen molar-refractivity contribution in [2.24, 2.45) is 0 Å². The Kier molecular flexibility index (Phi) is 3.53. The summed E-state index contributed by atoms with van der Waals surface area (Å²) in [4.78, 5) is 8.52. The quantitative estimate of drug-likeness (QED) is 0.842. The van der Waals surface area contributed by atoms with E-state index in [4.69, 9.17) is 0 Å². The largest absolute Gasteiger partial charge is 0.372 e. The van der Waals surface area contributed by atoms with Crippen molar-refractivity contribution in [1.29, 1.82) is 0 Å². The molecule has 2 rings (SSSR count). The minimum atomic E-state index is 0.358. The molecule has 1 unspecified atom stereocenters. The van der Waals surface area contributed by atoms with Crippen molar-refractivity contribution >= 4 is 23.4 Å². The van der Waals surface area contributed by atoms with Crippen molar-refractivity contribution in [3.05, 3.63) is 12.4 Å². The second kappa shape index (κ2) is 4.91. The summed E-state index contributed by atoms with van der Waals surface area (Å²) in [7, 11) is 1.85. The summed E-state index contributed by atoms with van der Waals surface area (Å²) in [6.07, 6.45) is 6.09. The van der Waals surface area contributed by atoms with E-state index in [2.05, 4.69) is 27.5 Å². The van der Waals surface area contributed by atoms with E-state index >= 15 is 0 Å². The van der Waals surface area contributed by atoms with Gasteiger partial charge >= 0.3 is 0 Å². The molecule has 1 aliphatic heterocycles. The predicted octanol–water partition coefficient (Wildman–Crippen LogP) is 2.22.